The number of alkyl halides is 1. The van der Waals surface area contributed by atoms with Crippen LogP contribution in [0.3, 0.4) is 0 Å². The van der Waals surface area contributed by atoms with Crippen molar-refractivity contribution in [3.63, 3.8) is 0 Å². The summed E-state index contributed by atoms with van der Waals surface area (Å²) in [5.74, 6) is 2.20. The number of aromatic nitrogens is 2. The van der Waals surface area contributed by atoms with Gasteiger partial charge in [-0.25, -0.2) is 4.98 Å². The van der Waals surface area contributed by atoms with Gasteiger partial charge in [0.15, 0.2) is 0 Å². The Labute approximate surface area is 111 Å². The van der Waals surface area contributed by atoms with Crippen LogP contribution < -0.4 is 0 Å². The van der Waals surface area contributed by atoms with Crippen LogP contribution in [-0.4, -0.2) is 9.55 Å². The molecule has 0 saturated heterocycles. The standard InChI is InChI=1S/C13H14Cl2N2/c1-2-8-5-12(8)17-11-4-3-9(15)6-10(11)16-13(17)7-14/h3-4,6,8,12H,2,5,7H2,1H3. The molecule has 1 aliphatic rings. The van der Waals surface area contributed by atoms with Gasteiger partial charge in [0.2, 0.25) is 0 Å². The molecule has 2 atom stereocenters. The second-order valence-corrected chi connectivity index (χ2v) is 5.34. The van der Waals surface area contributed by atoms with E-state index in [0.29, 0.717) is 11.9 Å². The molecular weight excluding hydrogens is 255 g/mol. The number of rotatable bonds is 3. The SMILES string of the molecule is CCC1CC1n1c(CCl)nc2cc(Cl)ccc21. The van der Waals surface area contributed by atoms with Crippen LogP contribution in [0.5, 0.6) is 0 Å². The molecule has 0 amide bonds. The first-order valence-corrected chi connectivity index (χ1v) is 6.88. The molecule has 0 bridgehead atoms. The Kier molecular flexibility index (Phi) is 2.80. The van der Waals surface area contributed by atoms with E-state index in [1.54, 1.807) is 0 Å². The first-order chi connectivity index (χ1) is 8.24. The normalized spacial score (nSPS) is 23.2. The second-order valence-electron chi connectivity index (χ2n) is 4.64. The van der Waals surface area contributed by atoms with E-state index in [2.05, 4.69) is 16.5 Å². The minimum atomic E-state index is 0.458. The number of hydrogen-bond acceptors (Lipinski definition) is 1. The summed E-state index contributed by atoms with van der Waals surface area (Å²) in [6, 6.07) is 6.46. The van der Waals surface area contributed by atoms with Gasteiger partial charge in [-0.1, -0.05) is 24.9 Å². The van der Waals surface area contributed by atoms with Crippen molar-refractivity contribution in [3.05, 3.63) is 29.0 Å². The molecule has 4 heteroatoms. The lowest BCUT2D eigenvalue weighted by atomic mass is 10.3. The van der Waals surface area contributed by atoms with E-state index in [-0.39, 0.29) is 0 Å². The van der Waals surface area contributed by atoms with Gasteiger partial charge in [0.05, 0.1) is 16.9 Å². The first-order valence-electron chi connectivity index (χ1n) is 5.97. The van der Waals surface area contributed by atoms with Crippen LogP contribution in [0.25, 0.3) is 11.0 Å². The van der Waals surface area contributed by atoms with Crippen molar-refractivity contribution >= 4 is 34.2 Å². The smallest absolute Gasteiger partial charge is 0.125 e. The quantitative estimate of drug-likeness (QED) is 0.755. The Hall–Kier alpha value is -0.730. The average Bonchev–Trinajstić information content (AvgIpc) is 3.02. The topological polar surface area (TPSA) is 17.8 Å². The highest BCUT2D eigenvalue weighted by Crippen LogP contribution is 2.47. The largest absolute Gasteiger partial charge is 0.324 e. The summed E-state index contributed by atoms with van der Waals surface area (Å²) in [6.45, 7) is 2.24. The maximum atomic E-state index is 5.99. The Morgan fingerprint density at radius 2 is 2.29 bits per heavy atom. The highest BCUT2D eigenvalue weighted by atomic mass is 35.5. The lowest BCUT2D eigenvalue weighted by molar-refractivity contribution is 0.637. The first kappa shape index (κ1) is 11.4. The van der Waals surface area contributed by atoms with Crippen LogP contribution in [0.15, 0.2) is 18.2 Å². The fourth-order valence-corrected chi connectivity index (χ4v) is 2.93. The van der Waals surface area contributed by atoms with Gasteiger partial charge >= 0.3 is 0 Å². The number of nitrogens with zero attached hydrogens (tertiary/aromatic N) is 2. The van der Waals surface area contributed by atoms with Crippen LogP contribution in [-0.2, 0) is 5.88 Å². The summed E-state index contributed by atoms with van der Waals surface area (Å²) < 4.78 is 2.30. The van der Waals surface area contributed by atoms with Crippen LogP contribution in [0.1, 0.15) is 31.6 Å². The zero-order valence-electron chi connectivity index (χ0n) is 9.66. The van der Waals surface area contributed by atoms with Crippen molar-refractivity contribution < 1.29 is 0 Å². The molecule has 1 fully saturated rings. The average molecular weight is 269 g/mol. The third-order valence-electron chi connectivity index (χ3n) is 3.59. The van der Waals surface area contributed by atoms with Crippen molar-refractivity contribution in [1.82, 2.24) is 9.55 Å². The summed E-state index contributed by atoms with van der Waals surface area (Å²) in [6.07, 6.45) is 2.47. The molecule has 1 aromatic carbocycles. The van der Waals surface area contributed by atoms with E-state index in [9.17, 15) is 0 Å². The van der Waals surface area contributed by atoms with Crippen molar-refractivity contribution in [2.45, 2.75) is 31.7 Å². The Bertz CT molecular complexity index is 562. The van der Waals surface area contributed by atoms with Crippen molar-refractivity contribution in [2.24, 2.45) is 5.92 Å². The molecule has 17 heavy (non-hydrogen) atoms. The molecule has 0 radical (unpaired) electrons. The molecule has 0 aliphatic heterocycles. The molecule has 1 saturated carbocycles. The molecular formula is C13H14Cl2N2. The molecule has 1 aromatic heterocycles. The fourth-order valence-electron chi connectivity index (χ4n) is 2.57. The predicted octanol–water partition coefficient (Wildman–Crippen LogP) is 4.40. The zero-order valence-corrected chi connectivity index (χ0v) is 11.2. The van der Waals surface area contributed by atoms with E-state index in [1.165, 1.54) is 12.8 Å². The van der Waals surface area contributed by atoms with Gasteiger partial charge in [-0.3, -0.25) is 0 Å². The van der Waals surface area contributed by atoms with Gasteiger partial charge in [-0.05, 0) is 30.5 Å². The van der Waals surface area contributed by atoms with Gasteiger partial charge in [0.25, 0.3) is 0 Å². The molecule has 90 valence electrons. The lowest BCUT2D eigenvalue weighted by Gasteiger charge is -2.06. The van der Waals surface area contributed by atoms with Crippen LogP contribution >= 0.6 is 23.2 Å². The van der Waals surface area contributed by atoms with Crippen molar-refractivity contribution in [2.75, 3.05) is 0 Å². The third-order valence-corrected chi connectivity index (χ3v) is 4.06. The molecule has 3 rings (SSSR count). The van der Waals surface area contributed by atoms with Gasteiger partial charge in [0, 0.05) is 11.1 Å². The molecule has 1 aliphatic carbocycles. The molecule has 2 aromatic rings. The minimum absolute atomic E-state index is 0.458. The number of benzene rings is 1. The zero-order chi connectivity index (χ0) is 12.0. The highest BCUT2D eigenvalue weighted by molar-refractivity contribution is 6.31. The number of hydrogen-bond donors (Lipinski definition) is 0. The minimum Gasteiger partial charge on any atom is -0.324 e. The van der Waals surface area contributed by atoms with Crippen LogP contribution in [0, 0.1) is 5.92 Å². The number of imidazole rings is 1. The summed E-state index contributed by atoms with van der Waals surface area (Å²) in [7, 11) is 0. The molecule has 0 N–H and O–H groups in total. The third kappa shape index (κ3) is 1.84. The Morgan fingerprint density at radius 3 is 2.94 bits per heavy atom. The molecule has 2 nitrogen and oxygen atoms in total. The maximum Gasteiger partial charge on any atom is 0.125 e. The predicted molar refractivity (Wildman–Crippen MR) is 71.7 cm³/mol. The summed E-state index contributed by atoms with van der Waals surface area (Å²) in [5.41, 5.74) is 2.11. The van der Waals surface area contributed by atoms with E-state index in [1.807, 2.05) is 18.2 Å². The molecule has 2 unspecified atom stereocenters. The fraction of sp³-hybridized carbons (Fsp3) is 0.462. The number of halogens is 2. The monoisotopic (exact) mass is 268 g/mol. The van der Waals surface area contributed by atoms with Crippen LogP contribution in [0.2, 0.25) is 5.02 Å². The number of fused-ring (bicyclic) bond motifs is 1. The van der Waals surface area contributed by atoms with E-state index in [4.69, 9.17) is 23.2 Å². The highest BCUT2D eigenvalue weighted by Gasteiger charge is 2.38. The lowest BCUT2D eigenvalue weighted by Crippen LogP contribution is -2.01. The second kappa shape index (κ2) is 4.18. The summed E-state index contributed by atoms with van der Waals surface area (Å²) in [4.78, 5) is 4.57. The molecule has 1 heterocycles. The molecule has 0 spiro atoms. The van der Waals surface area contributed by atoms with E-state index in [0.717, 1.165) is 27.8 Å². The Morgan fingerprint density at radius 1 is 1.47 bits per heavy atom. The van der Waals surface area contributed by atoms with Crippen molar-refractivity contribution in [3.8, 4) is 0 Å². The summed E-state index contributed by atoms with van der Waals surface area (Å²) in [5, 5.41) is 0.728. The maximum absolute atomic E-state index is 5.99. The summed E-state index contributed by atoms with van der Waals surface area (Å²) >= 11 is 12.0. The van der Waals surface area contributed by atoms with E-state index < -0.39 is 0 Å². The van der Waals surface area contributed by atoms with Gasteiger partial charge in [-0.2, -0.15) is 0 Å². The van der Waals surface area contributed by atoms with Gasteiger partial charge < -0.3 is 4.57 Å². The van der Waals surface area contributed by atoms with Crippen LogP contribution in [0.4, 0.5) is 0 Å². The van der Waals surface area contributed by atoms with Crippen molar-refractivity contribution in [1.29, 1.82) is 0 Å². The van der Waals surface area contributed by atoms with Gasteiger partial charge in [-0.15, -0.1) is 11.6 Å². The Balaban J connectivity index is 2.14. The van der Waals surface area contributed by atoms with Gasteiger partial charge in [0.1, 0.15) is 5.82 Å². The van der Waals surface area contributed by atoms with E-state index >= 15 is 0 Å².